The zero-order valence-corrected chi connectivity index (χ0v) is 16.7. The number of nitrogens with zero attached hydrogens (tertiary/aromatic N) is 1. The summed E-state index contributed by atoms with van der Waals surface area (Å²) in [6, 6.07) is 27.0. The molecule has 0 aliphatic carbocycles. The molecule has 0 fully saturated rings. The molecule has 29 heavy (non-hydrogen) atoms. The summed E-state index contributed by atoms with van der Waals surface area (Å²) in [6.07, 6.45) is 12.8. The standard InChI is InChI=1S/C27H25NO/c1-29-26-18-8-5-14-23(26)15-10-20-27(19-9-13-22-11-3-2-4-12-22)21-28-25-17-7-6-16-24(25)27/h2-18,21H,19-20H2,1H3/b13-9+,15-10+/t27-/m1/s1. The molecule has 3 aromatic carbocycles. The van der Waals surface area contributed by atoms with Crippen molar-refractivity contribution in [2.24, 2.45) is 4.99 Å². The molecule has 1 aliphatic rings. The highest BCUT2D eigenvalue weighted by Crippen LogP contribution is 2.42. The number of allylic oxidation sites excluding steroid dienone is 2. The Labute approximate surface area is 172 Å². The molecule has 1 atom stereocenters. The van der Waals surface area contributed by atoms with Crippen LogP contribution in [0.2, 0.25) is 0 Å². The average molecular weight is 380 g/mol. The fourth-order valence-corrected chi connectivity index (χ4v) is 3.85. The molecule has 2 heteroatoms. The molecule has 0 amide bonds. The molecule has 2 nitrogen and oxygen atoms in total. The van der Waals surface area contributed by atoms with E-state index in [4.69, 9.17) is 9.73 Å². The van der Waals surface area contributed by atoms with E-state index in [-0.39, 0.29) is 5.41 Å². The van der Waals surface area contributed by atoms with Gasteiger partial charge in [-0.1, -0.05) is 91.0 Å². The molecule has 1 heterocycles. The molecule has 0 bridgehead atoms. The van der Waals surface area contributed by atoms with Gasteiger partial charge < -0.3 is 4.74 Å². The lowest BCUT2D eigenvalue weighted by Gasteiger charge is -2.25. The molecule has 0 saturated heterocycles. The normalized spacial score (nSPS) is 17.8. The van der Waals surface area contributed by atoms with E-state index >= 15 is 0 Å². The number of fused-ring (bicyclic) bond motifs is 1. The molecule has 3 aromatic rings. The van der Waals surface area contributed by atoms with Crippen molar-refractivity contribution in [3.05, 3.63) is 108 Å². The second-order valence-electron chi connectivity index (χ2n) is 7.30. The number of para-hydroxylation sites is 2. The molecule has 0 saturated carbocycles. The van der Waals surface area contributed by atoms with Gasteiger partial charge in [-0.3, -0.25) is 4.99 Å². The van der Waals surface area contributed by atoms with Crippen LogP contribution in [-0.2, 0) is 5.41 Å². The maximum atomic E-state index is 5.47. The first kappa shape index (κ1) is 18.9. The maximum absolute atomic E-state index is 5.47. The van der Waals surface area contributed by atoms with E-state index in [0.717, 1.165) is 29.8 Å². The lowest BCUT2D eigenvalue weighted by atomic mass is 9.76. The third-order valence-corrected chi connectivity index (χ3v) is 5.40. The largest absolute Gasteiger partial charge is 0.496 e. The van der Waals surface area contributed by atoms with Crippen LogP contribution in [0.3, 0.4) is 0 Å². The van der Waals surface area contributed by atoms with E-state index < -0.39 is 0 Å². The van der Waals surface area contributed by atoms with Crippen molar-refractivity contribution in [2.75, 3.05) is 7.11 Å². The van der Waals surface area contributed by atoms with Gasteiger partial charge in [0.15, 0.2) is 0 Å². The smallest absolute Gasteiger partial charge is 0.126 e. The van der Waals surface area contributed by atoms with Crippen LogP contribution in [0.25, 0.3) is 12.2 Å². The molecule has 0 spiro atoms. The summed E-state index contributed by atoms with van der Waals surface area (Å²) in [5.41, 5.74) is 4.55. The van der Waals surface area contributed by atoms with Crippen molar-refractivity contribution in [3.8, 4) is 5.75 Å². The number of hydrogen-bond donors (Lipinski definition) is 0. The van der Waals surface area contributed by atoms with Crippen molar-refractivity contribution in [1.29, 1.82) is 0 Å². The lowest BCUT2D eigenvalue weighted by Crippen LogP contribution is -2.24. The summed E-state index contributed by atoms with van der Waals surface area (Å²) in [6.45, 7) is 0. The van der Waals surface area contributed by atoms with Gasteiger partial charge in [0.25, 0.3) is 0 Å². The molecule has 0 N–H and O–H groups in total. The van der Waals surface area contributed by atoms with Gasteiger partial charge >= 0.3 is 0 Å². The van der Waals surface area contributed by atoms with Gasteiger partial charge in [0, 0.05) is 17.2 Å². The summed E-state index contributed by atoms with van der Waals surface area (Å²) in [5, 5.41) is 0. The summed E-state index contributed by atoms with van der Waals surface area (Å²) in [7, 11) is 1.71. The summed E-state index contributed by atoms with van der Waals surface area (Å²) < 4.78 is 5.47. The second kappa shape index (κ2) is 8.74. The molecule has 144 valence electrons. The van der Waals surface area contributed by atoms with Gasteiger partial charge in [-0.05, 0) is 36.1 Å². The maximum Gasteiger partial charge on any atom is 0.126 e. The second-order valence-corrected chi connectivity index (χ2v) is 7.30. The lowest BCUT2D eigenvalue weighted by molar-refractivity contribution is 0.414. The summed E-state index contributed by atoms with van der Waals surface area (Å²) >= 11 is 0. The third kappa shape index (κ3) is 4.22. The highest BCUT2D eigenvalue weighted by atomic mass is 16.5. The Morgan fingerprint density at radius 2 is 1.48 bits per heavy atom. The molecular formula is C27H25NO. The predicted octanol–water partition coefficient (Wildman–Crippen LogP) is 6.86. The van der Waals surface area contributed by atoms with Gasteiger partial charge in [-0.15, -0.1) is 0 Å². The van der Waals surface area contributed by atoms with Crippen LogP contribution in [0.15, 0.2) is 96.0 Å². The number of hydrogen-bond acceptors (Lipinski definition) is 2. The molecule has 0 aromatic heterocycles. The highest BCUT2D eigenvalue weighted by molar-refractivity contribution is 5.86. The van der Waals surface area contributed by atoms with Crippen molar-refractivity contribution >= 4 is 24.1 Å². The van der Waals surface area contributed by atoms with Crippen LogP contribution in [0.1, 0.15) is 29.5 Å². The Hall–Kier alpha value is -3.39. The van der Waals surface area contributed by atoms with Gasteiger partial charge in [0.1, 0.15) is 5.75 Å². The Bertz CT molecular complexity index is 1050. The number of methoxy groups -OCH3 is 1. The van der Waals surface area contributed by atoms with Crippen LogP contribution >= 0.6 is 0 Å². The topological polar surface area (TPSA) is 21.6 Å². The number of rotatable bonds is 7. The van der Waals surface area contributed by atoms with Crippen LogP contribution in [0, 0.1) is 0 Å². The quantitative estimate of drug-likeness (QED) is 0.439. The SMILES string of the molecule is COc1ccccc1/C=C/C[C@]1(C/C=C/c2ccccc2)C=Nc2ccccc21. The molecule has 4 rings (SSSR count). The minimum absolute atomic E-state index is 0.125. The molecular weight excluding hydrogens is 354 g/mol. The van der Waals surface area contributed by atoms with E-state index in [1.165, 1.54) is 11.1 Å². The zero-order chi connectivity index (χ0) is 19.9. The highest BCUT2D eigenvalue weighted by Gasteiger charge is 2.34. The molecule has 0 unspecified atom stereocenters. The molecule has 0 radical (unpaired) electrons. The number of ether oxygens (including phenoxy) is 1. The number of aliphatic imine (C=N–C) groups is 1. The Morgan fingerprint density at radius 1 is 0.793 bits per heavy atom. The Balaban J connectivity index is 1.59. The number of benzene rings is 3. The first-order chi connectivity index (χ1) is 14.3. The fraction of sp³-hybridized carbons (Fsp3) is 0.148. The van der Waals surface area contributed by atoms with E-state index in [0.29, 0.717) is 0 Å². The van der Waals surface area contributed by atoms with Crippen molar-refractivity contribution in [2.45, 2.75) is 18.3 Å². The average Bonchev–Trinajstić information content (AvgIpc) is 3.14. The first-order valence-electron chi connectivity index (χ1n) is 9.97. The van der Waals surface area contributed by atoms with Crippen LogP contribution in [0.5, 0.6) is 5.75 Å². The van der Waals surface area contributed by atoms with Crippen molar-refractivity contribution in [1.82, 2.24) is 0 Å². The minimum Gasteiger partial charge on any atom is -0.496 e. The van der Waals surface area contributed by atoms with Gasteiger partial charge in [-0.2, -0.15) is 0 Å². The first-order valence-corrected chi connectivity index (χ1v) is 9.97. The van der Waals surface area contributed by atoms with Gasteiger partial charge in [0.2, 0.25) is 0 Å². The van der Waals surface area contributed by atoms with E-state index in [1.807, 2.05) is 24.3 Å². The fourth-order valence-electron chi connectivity index (χ4n) is 3.85. The van der Waals surface area contributed by atoms with Crippen LogP contribution in [-0.4, -0.2) is 13.3 Å². The predicted molar refractivity (Wildman–Crippen MR) is 123 cm³/mol. The van der Waals surface area contributed by atoms with Crippen LogP contribution in [0.4, 0.5) is 5.69 Å². The Kier molecular flexibility index (Phi) is 5.71. The van der Waals surface area contributed by atoms with Gasteiger partial charge in [-0.25, -0.2) is 0 Å². The zero-order valence-electron chi connectivity index (χ0n) is 16.7. The van der Waals surface area contributed by atoms with Crippen LogP contribution < -0.4 is 4.74 Å². The van der Waals surface area contributed by atoms with Crippen molar-refractivity contribution < 1.29 is 4.74 Å². The van der Waals surface area contributed by atoms with E-state index in [2.05, 4.69) is 85.1 Å². The van der Waals surface area contributed by atoms with Gasteiger partial charge in [0.05, 0.1) is 12.8 Å². The molecule has 1 aliphatic heterocycles. The Morgan fingerprint density at radius 3 is 2.31 bits per heavy atom. The third-order valence-electron chi connectivity index (χ3n) is 5.40. The monoisotopic (exact) mass is 379 g/mol. The summed E-state index contributed by atoms with van der Waals surface area (Å²) in [4.78, 5) is 4.72. The van der Waals surface area contributed by atoms with E-state index in [1.54, 1.807) is 7.11 Å². The summed E-state index contributed by atoms with van der Waals surface area (Å²) in [5.74, 6) is 0.891. The van der Waals surface area contributed by atoms with Crippen molar-refractivity contribution in [3.63, 3.8) is 0 Å². The van der Waals surface area contributed by atoms with E-state index in [9.17, 15) is 0 Å². The minimum atomic E-state index is -0.125.